The Labute approximate surface area is 234 Å². The first-order chi connectivity index (χ1) is 20.0. The van der Waals surface area contributed by atoms with Crippen molar-refractivity contribution in [2.24, 2.45) is 11.7 Å². The van der Waals surface area contributed by atoms with Gasteiger partial charge in [0.05, 0.1) is 11.2 Å². The lowest BCUT2D eigenvalue weighted by Crippen LogP contribution is -2.38. The van der Waals surface area contributed by atoms with Crippen molar-refractivity contribution < 1.29 is 4.79 Å². The SMILES string of the molecule is NC(=O)C1CCN(Cc2ccc(-c3nc4ccn5c(-c6n[nH]c(=O)[nH]6)nnc5c4cc3-c3ccccc3)cc2)CC1. The van der Waals surface area contributed by atoms with Gasteiger partial charge in [0.1, 0.15) is 0 Å². The molecule has 2 aromatic carbocycles. The summed E-state index contributed by atoms with van der Waals surface area (Å²) in [6.45, 7) is 2.57. The fourth-order valence-electron chi connectivity index (χ4n) is 5.59. The Kier molecular flexibility index (Phi) is 6.12. The van der Waals surface area contributed by atoms with E-state index in [-0.39, 0.29) is 11.8 Å². The van der Waals surface area contributed by atoms with E-state index < -0.39 is 5.69 Å². The molecule has 11 nitrogen and oxygen atoms in total. The van der Waals surface area contributed by atoms with Gasteiger partial charge < -0.3 is 5.73 Å². The molecule has 41 heavy (non-hydrogen) atoms. The number of nitrogens with two attached hydrogens (primary N) is 1. The van der Waals surface area contributed by atoms with Gasteiger partial charge in [-0.3, -0.25) is 19.1 Å². The molecular weight excluding hydrogens is 518 g/mol. The molecule has 7 rings (SSSR count). The second-order valence-electron chi connectivity index (χ2n) is 10.4. The van der Waals surface area contributed by atoms with Crippen LogP contribution in [-0.4, -0.2) is 58.7 Å². The number of H-pyrrole nitrogens is 2. The van der Waals surface area contributed by atoms with E-state index in [2.05, 4.69) is 72.7 Å². The van der Waals surface area contributed by atoms with Crippen molar-refractivity contribution in [1.29, 1.82) is 0 Å². The second kappa shape index (κ2) is 10.1. The minimum Gasteiger partial charge on any atom is -0.369 e. The smallest absolute Gasteiger partial charge is 0.341 e. The van der Waals surface area contributed by atoms with E-state index in [4.69, 9.17) is 10.7 Å². The van der Waals surface area contributed by atoms with Crippen LogP contribution in [0.2, 0.25) is 0 Å². The van der Waals surface area contributed by atoms with Crippen LogP contribution in [-0.2, 0) is 11.3 Å². The molecule has 4 aromatic heterocycles. The lowest BCUT2D eigenvalue weighted by molar-refractivity contribution is -0.123. The van der Waals surface area contributed by atoms with Crippen LogP contribution >= 0.6 is 0 Å². The predicted octanol–water partition coefficient (Wildman–Crippen LogP) is 3.39. The van der Waals surface area contributed by atoms with E-state index in [0.29, 0.717) is 17.3 Å². The van der Waals surface area contributed by atoms with Gasteiger partial charge in [-0.1, -0.05) is 54.6 Å². The first kappa shape index (κ1) is 24.9. The summed E-state index contributed by atoms with van der Waals surface area (Å²) in [5, 5.41) is 15.9. The molecule has 1 fully saturated rings. The number of nitrogens with zero attached hydrogens (tertiary/aromatic N) is 6. The molecule has 4 N–H and O–H groups in total. The van der Waals surface area contributed by atoms with Crippen molar-refractivity contribution in [3.63, 3.8) is 0 Å². The number of piperidine rings is 1. The monoisotopic (exact) mass is 545 g/mol. The fourth-order valence-corrected chi connectivity index (χ4v) is 5.59. The van der Waals surface area contributed by atoms with Crippen LogP contribution in [0.15, 0.2) is 77.7 Å². The minimum absolute atomic E-state index is 0.0102. The highest BCUT2D eigenvalue weighted by atomic mass is 16.1. The number of carbonyl (C=O) groups excluding carboxylic acids is 1. The number of fused-ring (bicyclic) bond motifs is 3. The topological polar surface area (TPSA) is 151 Å². The standard InChI is InChI=1S/C30H27N9O2/c31-26(40)21-10-13-38(14-11-21)17-18-6-8-20(9-7-18)25-22(19-4-2-1-3-5-19)16-23-24(32-25)12-15-39-28(23)35-36-29(39)27-33-30(41)37-34-27/h1-9,12,15-16,21H,10-11,13-14,17H2,(H2,31,40)(H2,33,34,37,41). The van der Waals surface area contributed by atoms with E-state index in [1.54, 1.807) is 4.40 Å². The number of rotatable bonds is 6. The van der Waals surface area contributed by atoms with Crippen LogP contribution in [0.4, 0.5) is 0 Å². The molecule has 1 aliphatic heterocycles. The quantitative estimate of drug-likeness (QED) is 0.290. The number of benzene rings is 2. The Morgan fingerprint density at radius 2 is 1.76 bits per heavy atom. The molecule has 1 saturated heterocycles. The van der Waals surface area contributed by atoms with Crippen molar-refractivity contribution in [1.82, 2.24) is 39.7 Å². The predicted molar refractivity (Wildman–Crippen MR) is 155 cm³/mol. The van der Waals surface area contributed by atoms with Crippen molar-refractivity contribution >= 4 is 22.5 Å². The van der Waals surface area contributed by atoms with Crippen molar-refractivity contribution in [2.75, 3.05) is 13.1 Å². The number of amides is 1. The Balaban J connectivity index is 1.26. The molecule has 0 bridgehead atoms. The minimum atomic E-state index is -0.408. The van der Waals surface area contributed by atoms with Gasteiger partial charge in [-0.25, -0.2) is 14.9 Å². The summed E-state index contributed by atoms with van der Waals surface area (Å²) >= 11 is 0. The third kappa shape index (κ3) is 4.66. The maximum absolute atomic E-state index is 11.6. The molecule has 204 valence electrons. The third-order valence-corrected chi connectivity index (χ3v) is 7.79. The molecule has 1 amide bonds. The maximum Gasteiger partial charge on any atom is 0.341 e. The van der Waals surface area contributed by atoms with Crippen molar-refractivity contribution in [3.05, 3.63) is 89.0 Å². The molecule has 11 heteroatoms. The van der Waals surface area contributed by atoms with Gasteiger partial charge in [0.25, 0.3) is 0 Å². The van der Waals surface area contributed by atoms with Crippen LogP contribution in [0.1, 0.15) is 18.4 Å². The van der Waals surface area contributed by atoms with E-state index in [1.165, 1.54) is 5.56 Å². The summed E-state index contributed by atoms with van der Waals surface area (Å²) in [6, 6.07) is 22.7. The molecular formula is C30H27N9O2. The van der Waals surface area contributed by atoms with Crippen LogP contribution in [0.5, 0.6) is 0 Å². The lowest BCUT2D eigenvalue weighted by atomic mass is 9.95. The van der Waals surface area contributed by atoms with Gasteiger partial charge in [-0.05, 0) is 49.2 Å². The number of hydrogen-bond acceptors (Lipinski definition) is 7. The molecule has 0 aliphatic carbocycles. The maximum atomic E-state index is 11.6. The van der Waals surface area contributed by atoms with Gasteiger partial charge >= 0.3 is 5.69 Å². The van der Waals surface area contributed by atoms with Crippen molar-refractivity contribution in [2.45, 2.75) is 19.4 Å². The molecule has 0 radical (unpaired) electrons. The molecule has 0 atom stereocenters. The van der Waals surface area contributed by atoms with E-state index >= 15 is 0 Å². The zero-order chi connectivity index (χ0) is 27.9. The Morgan fingerprint density at radius 3 is 2.46 bits per heavy atom. The molecule has 1 aliphatic rings. The zero-order valence-electron chi connectivity index (χ0n) is 22.1. The zero-order valence-corrected chi connectivity index (χ0v) is 22.1. The summed E-state index contributed by atoms with van der Waals surface area (Å²) in [5.41, 5.74) is 11.6. The van der Waals surface area contributed by atoms with Crippen molar-refractivity contribution in [3.8, 4) is 34.0 Å². The lowest BCUT2D eigenvalue weighted by Gasteiger charge is -2.30. The molecule has 5 heterocycles. The summed E-state index contributed by atoms with van der Waals surface area (Å²) in [5.74, 6) is 0.543. The van der Waals surface area contributed by atoms with Crippen LogP contribution in [0, 0.1) is 5.92 Å². The molecule has 0 saturated carbocycles. The average Bonchev–Trinajstić information content (AvgIpc) is 3.64. The summed E-state index contributed by atoms with van der Waals surface area (Å²) in [6.07, 6.45) is 3.47. The van der Waals surface area contributed by atoms with Gasteiger partial charge in [-0.15, -0.1) is 15.3 Å². The van der Waals surface area contributed by atoms with E-state index in [0.717, 1.165) is 65.8 Å². The first-order valence-electron chi connectivity index (χ1n) is 13.5. The highest BCUT2D eigenvalue weighted by molar-refractivity contribution is 5.98. The number of likely N-dealkylation sites (tertiary alicyclic amines) is 1. The van der Waals surface area contributed by atoms with E-state index in [1.807, 2.05) is 30.5 Å². The van der Waals surface area contributed by atoms with Crippen LogP contribution in [0.3, 0.4) is 0 Å². The number of aromatic amines is 2. The van der Waals surface area contributed by atoms with Gasteiger partial charge in [0.2, 0.25) is 11.7 Å². The Bertz CT molecular complexity index is 1930. The molecule has 0 spiro atoms. The molecule has 6 aromatic rings. The van der Waals surface area contributed by atoms with Gasteiger partial charge in [0.15, 0.2) is 11.5 Å². The Morgan fingerprint density at radius 1 is 0.976 bits per heavy atom. The number of hydrogen-bond donors (Lipinski definition) is 3. The number of aromatic nitrogens is 7. The third-order valence-electron chi connectivity index (χ3n) is 7.79. The number of pyridine rings is 2. The normalized spacial score (nSPS) is 14.6. The number of carbonyl (C=O) groups is 1. The molecule has 0 unspecified atom stereocenters. The second-order valence-corrected chi connectivity index (χ2v) is 10.4. The van der Waals surface area contributed by atoms with Crippen LogP contribution in [0.25, 0.3) is 50.6 Å². The number of primary amides is 1. The average molecular weight is 546 g/mol. The highest BCUT2D eigenvalue weighted by Crippen LogP contribution is 2.35. The first-order valence-corrected chi connectivity index (χ1v) is 13.5. The fraction of sp³-hybridized carbons (Fsp3) is 0.200. The van der Waals surface area contributed by atoms with Gasteiger partial charge in [0, 0.05) is 35.2 Å². The number of nitrogens with one attached hydrogen (secondary N) is 2. The van der Waals surface area contributed by atoms with Gasteiger partial charge in [-0.2, -0.15) is 0 Å². The Hall–Kier alpha value is -5.16. The summed E-state index contributed by atoms with van der Waals surface area (Å²) in [7, 11) is 0. The summed E-state index contributed by atoms with van der Waals surface area (Å²) in [4.78, 5) is 33.2. The van der Waals surface area contributed by atoms with E-state index in [9.17, 15) is 9.59 Å². The van der Waals surface area contributed by atoms with Crippen LogP contribution < -0.4 is 11.4 Å². The highest BCUT2D eigenvalue weighted by Gasteiger charge is 2.23. The largest absolute Gasteiger partial charge is 0.369 e. The summed E-state index contributed by atoms with van der Waals surface area (Å²) < 4.78 is 1.80.